The molecule has 0 amide bonds. The van der Waals surface area contributed by atoms with E-state index in [2.05, 4.69) is 49.6 Å². The van der Waals surface area contributed by atoms with Crippen molar-refractivity contribution in [1.29, 1.82) is 0 Å². The quantitative estimate of drug-likeness (QED) is 0.359. The van der Waals surface area contributed by atoms with Crippen LogP contribution in [0.25, 0.3) is 0 Å². The van der Waals surface area contributed by atoms with Crippen LogP contribution in [0.2, 0.25) is 0 Å². The molecule has 1 aliphatic rings. The summed E-state index contributed by atoms with van der Waals surface area (Å²) in [6.07, 6.45) is 7.18. The van der Waals surface area contributed by atoms with Crippen molar-refractivity contribution in [3.05, 3.63) is 39.5 Å². The van der Waals surface area contributed by atoms with Crippen LogP contribution in [0.5, 0.6) is 0 Å². The number of pyridine rings is 1. The molecule has 6 nitrogen and oxygen atoms in total. The lowest BCUT2D eigenvalue weighted by atomic mass is 10.2. The Balaban J connectivity index is 0.00000280. The molecule has 28 heavy (non-hydrogen) atoms. The fourth-order valence-electron chi connectivity index (χ4n) is 3.19. The molecule has 8 heteroatoms. The van der Waals surface area contributed by atoms with E-state index in [1.165, 1.54) is 30.6 Å². The largest absolute Gasteiger partial charge is 0.357 e. The first kappa shape index (κ1) is 22.9. The molecule has 0 radical (unpaired) electrons. The van der Waals surface area contributed by atoms with Gasteiger partial charge in [0.25, 0.3) is 0 Å². The highest BCUT2D eigenvalue weighted by atomic mass is 127. The number of thiazole rings is 1. The molecule has 0 spiro atoms. The van der Waals surface area contributed by atoms with Crippen LogP contribution < -0.4 is 15.5 Å². The van der Waals surface area contributed by atoms with Gasteiger partial charge in [-0.3, -0.25) is 4.99 Å². The molecule has 3 heterocycles. The van der Waals surface area contributed by atoms with Crippen LogP contribution in [-0.4, -0.2) is 36.1 Å². The standard InChI is InChI=1S/C20H30N6S.HI/c1-15-16(2)27-19(25-15)14-24-20(21-3)23-13-17-8-9-18(22-12-17)26-10-6-4-5-7-11-26;/h8-9,12H,4-7,10-11,13-14H2,1-3H3,(H2,21,23,24);1H. The number of nitrogens with zero attached hydrogens (tertiary/aromatic N) is 4. The smallest absolute Gasteiger partial charge is 0.191 e. The van der Waals surface area contributed by atoms with Gasteiger partial charge in [0.2, 0.25) is 0 Å². The Morgan fingerprint density at radius 1 is 1.11 bits per heavy atom. The summed E-state index contributed by atoms with van der Waals surface area (Å²) in [5, 5.41) is 7.75. The van der Waals surface area contributed by atoms with E-state index in [1.807, 2.05) is 13.1 Å². The highest BCUT2D eigenvalue weighted by Crippen LogP contribution is 2.18. The van der Waals surface area contributed by atoms with Crippen molar-refractivity contribution in [2.45, 2.75) is 52.6 Å². The highest BCUT2D eigenvalue weighted by molar-refractivity contribution is 14.0. The molecule has 154 valence electrons. The summed E-state index contributed by atoms with van der Waals surface area (Å²) < 4.78 is 0. The number of halogens is 1. The van der Waals surface area contributed by atoms with E-state index in [1.54, 1.807) is 18.4 Å². The molecule has 3 rings (SSSR count). The molecular weight excluding hydrogens is 483 g/mol. The van der Waals surface area contributed by atoms with E-state index in [-0.39, 0.29) is 24.0 Å². The van der Waals surface area contributed by atoms with E-state index in [4.69, 9.17) is 0 Å². The lowest BCUT2D eigenvalue weighted by molar-refractivity contribution is 0.726. The van der Waals surface area contributed by atoms with Gasteiger partial charge in [-0.25, -0.2) is 9.97 Å². The molecule has 0 aliphatic carbocycles. The predicted octanol–water partition coefficient (Wildman–Crippen LogP) is 4.02. The van der Waals surface area contributed by atoms with Crippen LogP contribution in [0, 0.1) is 13.8 Å². The van der Waals surface area contributed by atoms with Crippen molar-refractivity contribution in [3.8, 4) is 0 Å². The van der Waals surface area contributed by atoms with Crippen LogP contribution in [0.1, 0.15) is 46.8 Å². The third kappa shape index (κ3) is 6.58. The molecule has 0 aromatic carbocycles. The number of rotatable bonds is 5. The van der Waals surface area contributed by atoms with E-state index >= 15 is 0 Å². The number of hydrogen-bond donors (Lipinski definition) is 2. The average Bonchev–Trinajstić information content (AvgIpc) is 2.88. The molecule has 1 saturated heterocycles. The summed E-state index contributed by atoms with van der Waals surface area (Å²) in [5.74, 6) is 1.87. The lowest BCUT2D eigenvalue weighted by Crippen LogP contribution is -2.36. The second-order valence-electron chi connectivity index (χ2n) is 6.95. The fraction of sp³-hybridized carbons (Fsp3) is 0.550. The number of aromatic nitrogens is 2. The minimum absolute atomic E-state index is 0. The minimum Gasteiger partial charge on any atom is -0.357 e. The third-order valence-electron chi connectivity index (χ3n) is 4.90. The first-order valence-electron chi connectivity index (χ1n) is 9.73. The average molecular weight is 514 g/mol. The Kier molecular flexibility index (Phi) is 9.43. The van der Waals surface area contributed by atoms with Crippen molar-refractivity contribution in [2.75, 3.05) is 25.0 Å². The number of hydrogen-bond acceptors (Lipinski definition) is 5. The van der Waals surface area contributed by atoms with Gasteiger partial charge in [-0.15, -0.1) is 35.3 Å². The molecule has 2 aromatic rings. The maximum Gasteiger partial charge on any atom is 0.191 e. The van der Waals surface area contributed by atoms with Gasteiger partial charge in [0.15, 0.2) is 5.96 Å². The number of nitrogens with one attached hydrogen (secondary N) is 2. The molecule has 0 atom stereocenters. The molecule has 1 aliphatic heterocycles. The van der Waals surface area contributed by atoms with Gasteiger partial charge in [0.05, 0.1) is 12.2 Å². The Morgan fingerprint density at radius 2 is 1.82 bits per heavy atom. The monoisotopic (exact) mass is 514 g/mol. The zero-order chi connectivity index (χ0) is 19.1. The summed E-state index contributed by atoms with van der Waals surface area (Å²) in [6, 6.07) is 4.29. The van der Waals surface area contributed by atoms with Crippen molar-refractivity contribution in [3.63, 3.8) is 0 Å². The van der Waals surface area contributed by atoms with Gasteiger partial charge in [-0.1, -0.05) is 18.9 Å². The molecule has 0 saturated carbocycles. The minimum atomic E-state index is 0. The summed E-state index contributed by atoms with van der Waals surface area (Å²) >= 11 is 1.73. The summed E-state index contributed by atoms with van der Waals surface area (Å²) in [7, 11) is 1.79. The van der Waals surface area contributed by atoms with E-state index in [0.29, 0.717) is 13.1 Å². The van der Waals surface area contributed by atoms with Crippen molar-refractivity contribution in [2.24, 2.45) is 4.99 Å². The maximum atomic E-state index is 4.67. The lowest BCUT2D eigenvalue weighted by Gasteiger charge is -2.21. The van der Waals surface area contributed by atoms with Gasteiger partial charge in [-0.2, -0.15) is 0 Å². The zero-order valence-electron chi connectivity index (χ0n) is 17.0. The van der Waals surface area contributed by atoms with Gasteiger partial charge in [0, 0.05) is 37.8 Å². The highest BCUT2D eigenvalue weighted by Gasteiger charge is 2.11. The van der Waals surface area contributed by atoms with E-state index < -0.39 is 0 Å². The molecular formula is C20H31IN6S. The number of aryl methyl sites for hydroxylation is 2. The Hall–Kier alpha value is -1.42. The van der Waals surface area contributed by atoms with Crippen LogP contribution in [0.15, 0.2) is 23.3 Å². The molecule has 2 aromatic heterocycles. The van der Waals surface area contributed by atoms with E-state index in [0.717, 1.165) is 41.1 Å². The third-order valence-corrected chi connectivity index (χ3v) is 5.98. The first-order valence-corrected chi connectivity index (χ1v) is 10.5. The normalized spacial score (nSPS) is 15.0. The molecule has 0 bridgehead atoms. The SMILES string of the molecule is CN=C(NCc1ccc(N2CCCCCC2)nc1)NCc1nc(C)c(C)s1.I. The van der Waals surface area contributed by atoms with Crippen LogP contribution >= 0.6 is 35.3 Å². The number of aliphatic imine (C=N–C) groups is 1. The summed E-state index contributed by atoms with van der Waals surface area (Å²) in [4.78, 5) is 17.2. The maximum absolute atomic E-state index is 4.67. The number of guanidine groups is 1. The predicted molar refractivity (Wildman–Crippen MR) is 129 cm³/mol. The number of anilines is 1. The van der Waals surface area contributed by atoms with E-state index in [9.17, 15) is 0 Å². The topological polar surface area (TPSA) is 65.4 Å². The van der Waals surface area contributed by atoms with Gasteiger partial charge in [0.1, 0.15) is 10.8 Å². The Morgan fingerprint density at radius 3 is 2.39 bits per heavy atom. The second kappa shape index (κ2) is 11.5. The fourth-order valence-corrected chi connectivity index (χ4v) is 4.06. The summed E-state index contributed by atoms with van der Waals surface area (Å²) in [5.41, 5.74) is 2.26. The van der Waals surface area contributed by atoms with Gasteiger partial charge in [-0.05, 0) is 38.3 Å². The Bertz CT molecular complexity index is 731. The molecule has 0 unspecified atom stereocenters. The van der Waals surface area contributed by atoms with Crippen LogP contribution in [-0.2, 0) is 13.1 Å². The van der Waals surface area contributed by atoms with Gasteiger partial charge >= 0.3 is 0 Å². The van der Waals surface area contributed by atoms with Crippen molar-refractivity contribution in [1.82, 2.24) is 20.6 Å². The van der Waals surface area contributed by atoms with Crippen LogP contribution in [0.4, 0.5) is 5.82 Å². The first-order chi connectivity index (χ1) is 13.2. The van der Waals surface area contributed by atoms with Crippen LogP contribution in [0.3, 0.4) is 0 Å². The Labute approximate surface area is 189 Å². The van der Waals surface area contributed by atoms with Crippen molar-refractivity contribution < 1.29 is 0 Å². The summed E-state index contributed by atoms with van der Waals surface area (Å²) in [6.45, 7) is 7.78. The van der Waals surface area contributed by atoms with Gasteiger partial charge < -0.3 is 15.5 Å². The van der Waals surface area contributed by atoms with Crippen molar-refractivity contribution >= 4 is 47.1 Å². The molecule has 2 N–H and O–H groups in total. The molecule has 1 fully saturated rings. The zero-order valence-corrected chi connectivity index (χ0v) is 20.1. The second-order valence-corrected chi connectivity index (χ2v) is 8.24.